The topological polar surface area (TPSA) is 44.5 Å². The number of benzene rings is 1. The molecule has 0 radical (unpaired) electrons. The molecule has 3 nitrogen and oxygen atoms in total. The van der Waals surface area contributed by atoms with Crippen LogP contribution in [0.1, 0.15) is 31.4 Å². The maximum Gasteiger partial charge on any atom is 0.127 e. The van der Waals surface area contributed by atoms with Crippen LogP contribution in [0.15, 0.2) is 18.2 Å². The molecule has 0 spiro atoms. The third-order valence-corrected chi connectivity index (χ3v) is 2.88. The van der Waals surface area contributed by atoms with E-state index in [9.17, 15) is 0 Å². The van der Waals surface area contributed by atoms with Gasteiger partial charge in [-0.1, -0.05) is 6.07 Å². The second-order valence-corrected chi connectivity index (χ2v) is 4.45. The third kappa shape index (κ3) is 2.67. The van der Waals surface area contributed by atoms with E-state index in [1.807, 2.05) is 25.1 Å². The lowest BCUT2D eigenvalue weighted by Gasteiger charge is -2.15. The molecule has 2 rings (SSSR count). The second kappa shape index (κ2) is 4.74. The lowest BCUT2D eigenvalue weighted by atomic mass is 10.1. The summed E-state index contributed by atoms with van der Waals surface area (Å²) in [6.45, 7) is 2.76. The molecule has 1 aromatic carbocycles. The van der Waals surface area contributed by atoms with Gasteiger partial charge in [-0.25, -0.2) is 0 Å². The fraction of sp³-hybridized carbons (Fsp3) is 0.538. The molecule has 1 unspecified atom stereocenters. The minimum absolute atomic E-state index is 0.0138. The second-order valence-electron chi connectivity index (χ2n) is 4.45. The van der Waals surface area contributed by atoms with E-state index in [0.717, 1.165) is 29.6 Å². The quantitative estimate of drug-likeness (QED) is 0.830. The summed E-state index contributed by atoms with van der Waals surface area (Å²) in [5.74, 6) is 2.42. The summed E-state index contributed by atoms with van der Waals surface area (Å²) in [7, 11) is 1.66. The predicted molar refractivity (Wildman–Crippen MR) is 63.8 cm³/mol. The highest BCUT2D eigenvalue weighted by atomic mass is 16.5. The molecule has 0 aromatic heterocycles. The van der Waals surface area contributed by atoms with Crippen molar-refractivity contribution >= 4 is 0 Å². The molecular weight excluding hydrogens is 202 g/mol. The van der Waals surface area contributed by atoms with Crippen LogP contribution in [-0.4, -0.2) is 13.7 Å². The number of rotatable bonds is 5. The highest BCUT2D eigenvalue weighted by Crippen LogP contribution is 2.33. The van der Waals surface area contributed by atoms with Crippen molar-refractivity contribution in [3.05, 3.63) is 23.8 Å². The van der Waals surface area contributed by atoms with Gasteiger partial charge in [-0.05, 0) is 31.7 Å². The SMILES string of the molecule is COc1ccc(C(C)N)c(OCC2CC2)c1. The Morgan fingerprint density at radius 1 is 1.44 bits per heavy atom. The molecule has 0 saturated heterocycles. The monoisotopic (exact) mass is 221 g/mol. The van der Waals surface area contributed by atoms with E-state index in [0.29, 0.717) is 0 Å². The van der Waals surface area contributed by atoms with Crippen LogP contribution in [0.5, 0.6) is 11.5 Å². The van der Waals surface area contributed by atoms with Crippen molar-refractivity contribution < 1.29 is 9.47 Å². The Morgan fingerprint density at radius 3 is 2.75 bits per heavy atom. The summed E-state index contributed by atoms with van der Waals surface area (Å²) < 4.78 is 11.0. The van der Waals surface area contributed by atoms with Gasteiger partial charge in [-0.2, -0.15) is 0 Å². The summed E-state index contributed by atoms with van der Waals surface area (Å²) in [6, 6.07) is 5.80. The summed E-state index contributed by atoms with van der Waals surface area (Å²) in [5.41, 5.74) is 6.95. The molecule has 0 aliphatic heterocycles. The van der Waals surface area contributed by atoms with Crippen molar-refractivity contribution in [2.75, 3.05) is 13.7 Å². The van der Waals surface area contributed by atoms with Crippen LogP contribution in [0, 0.1) is 5.92 Å². The number of methoxy groups -OCH3 is 1. The first-order valence-electron chi connectivity index (χ1n) is 5.77. The van der Waals surface area contributed by atoms with Crippen LogP contribution in [0.4, 0.5) is 0 Å². The van der Waals surface area contributed by atoms with Crippen molar-refractivity contribution in [3.8, 4) is 11.5 Å². The van der Waals surface area contributed by atoms with Gasteiger partial charge >= 0.3 is 0 Å². The van der Waals surface area contributed by atoms with Gasteiger partial charge in [-0.3, -0.25) is 0 Å². The first-order chi connectivity index (χ1) is 7.70. The van der Waals surface area contributed by atoms with Gasteiger partial charge in [-0.15, -0.1) is 0 Å². The van der Waals surface area contributed by atoms with Crippen LogP contribution in [0.2, 0.25) is 0 Å². The van der Waals surface area contributed by atoms with Crippen molar-refractivity contribution in [1.29, 1.82) is 0 Å². The largest absolute Gasteiger partial charge is 0.497 e. The molecule has 1 aliphatic rings. The predicted octanol–water partition coefficient (Wildman–Crippen LogP) is 2.50. The fourth-order valence-electron chi connectivity index (χ4n) is 1.63. The molecule has 1 saturated carbocycles. The molecular formula is C13H19NO2. The van der Waals surface area contributed by atoms with E-state index in [1.165, 1.54) is 12.8 Å². The van der Waals surface area contributed by atoms with Crippen LogP contribution in [0.25, 0.3) is 0 Å². The Labute approximate surface area is 96.5 Å². The summed E-state index contributed by atoms with van der Waals surface area (Å²) >= 11 is 0. The van der Waals surface area contributed by atoms with Crippen LogP contribution in [-0.2, 0) is 0 Å². The Kier molecular flexibility index (Phi) is 3.34. The lowest BCUT2D eigenvalue weighted by Crippen LogP contribution is -2.09. The number of ether oxygens (including phenoxy) is 2. The zero-order chi connectivity index (χ0) is 11.5. The summed E-state index contributed by atoms with van der Waals surface area (Å²) in [4.78, 5) is 0. The van der Waals surface area contributed by atoms with Crippen molar-refractivity contribution in [2.45, 2.75) is 25.8 Å². The van der Waals surface area contributed by atoms with Gasteiger partial charge in [0, 0.05) is 17.7 Å². The Morgan fingerprint density at radius 2 is 2.19 bits per heavy atom. The molecule has 16 heavy (non-hydrogen) atoms. The van der Waals surface area contributed by atoms with Crippen LogP contribution >= 0.6 is 0 Å². The zero-order valence-corrected chi connectivity index (χ0v) is 9.90. The minimum atomic E-state index is -0.0138. The van der Waals surface area contributed by atoms with E-state index in [2.05, 4.69) is 0 Å². The van der Waals surface area contributed by atoms with Gasteiger partial charge in [0.25, 0.3) is 0 Å². The average molecular weight is 221 g/mol. The van der Waals surface area contributed by atoms with E-state index >= 15 is 0 Å². The highest BCUT2D eigenvalue weighted by Gasteiger charge is 2.22. The molecule has 1 fully saturated rings. The molecule has 1 aromatic rings. The molecule has 0 amide bonds. The summed E-state index contributed by atoms with van der Waals surface area (Å²) in [5, 5.41) is 0. The van der Waals surface area contributed by atoms with Gasteiger partial charge < -0.3 is 15.2 Å². The van der Waals surface area contributed by atoms with E-state index in [4.69, 9.17) is 15.2 Å². The molecule has 3 heteroatoms. The highest BCUT2D eigenvalue weighted by molar-refractivity contribution is 5.42. The normalized spacial score (nSPS) is 16.9. The smallest absolute Gasteiger partial charge is 0.127 e. The maximum atomic E-state index is 5.91. The molecule has 88 valence electrons. The van der Waals surface area contributed by atoms with Crippen LogP contribution < -0.4 is 15.2 Å². The molecule has 0 bridgehead atoms. The summed E-state index contributed by atoms with van der Waals surface area (Å²) in [6.07, 6.45) is 2.58. The Bertz CT molecular complexity index is 359. The van der Waals surface area contributed by atoms with Gasteiger partial charge in [0.05, 0.1) is 13.7 Å². The van der Waals surface area contributed by atoms with Crippen molar-refractivity contribution in [2.24, 2.45) is 11.7 Å². The average Bonchev–Trinajstić information content (AvgIpc) is 3.09. The minimum Gasteiger partial charge on any atom is -0.497 e. The van der Waals surface area contributed by atoms with Crippen LogP contribution in [0.3, 0.4) is 0 Å². The van der Waals surface area contributed by atoms with E-state index in [1.54, 1.807) is 7.11 Å². The number of hydrogen-bond donors (Lipinski definition) is 1. The van der Waals surface area contributed by atoms with E-state index < -0.39 is 0 Å². The first kappa shape index (κ1) is 11.3. The maximum absolute atomic E-state index is 5.91. The van der Waals surface area contributed by atoms with Gasteiger partial charge in [0.1, 0.15) is 11.5 Å². The van der Waals surface area contributed by atoms with Gasteiger partial charge in [0.15, 0.2) is 0 Å². The third-order valence-electron chi connectivity index (χ3n) is 2.88. The van der Waals surface area contributed by atoms with Crippen molar-refractivity contribution in [3.63, 3.8) is 0 Å². The lowest BCUT2D eigenvalue weighted by molar-refractivity contribution is 0.293. The number of hydrogen-bond acceptors (Lipinski definition) is 3. The molecule has 1 aliphatic carbocycles. The van der Waals surface area contributed by atoms with Gasteiger partial charge in [0.2, 0.25) is 0 Å². The number of nitrogens with two attached hydrogens (primary N) is 1. The Hall–Kier alpha value is -1.22. The van der Waals surface area contributed by atoms with Crippen molar-refractivity contribution in [1.82, 2.24) is 0 Å². The zero-order valence-electron chi connectivity index (χ0n) is 9.90. The molecule has 0 heterocycles. The Balaban J connectivity index is 2.14. The van der Waals surface area contributed by atoms with E-state index in [-0.39, 0.29) is 6.04 Å². The standard InChI is InChI=1S/C13H19NO2/c1-9(14)12-6-5-11(15-2)7-13(12)16-8-10-3-4-10/h5-7,9-10H,3-4,8,14H2,1-2H3. The fourth-order valence-corrected chi connectivity index (χ4v) is 1.63. The first-order valence-corrected chi connectivity index (χ1v) is 5.77. The molecule has 2 N–H and O–H groups in total. The molecule has 1 atom stereocenters.